The van der Waals surface area contributed by atoms with Crippen molar-refractivity contribution < 1.29 is 9.59 Å². The van der Waals surface area contributed by atoms with Gasteiger partial charge in [-0.1, -0.05) is 39.0 Å². The molecule has 128 valence electrons. The molecule has 0 aliphatic carbocycles. The molecule has 0 unspecified atom stereocenters. The van der Waals surface area contributed by atoms with Crippen molar-refractivity contribution in [1.29, 1.82) is 0 Å². The van der Waals surface area contributed by atoms with Crippen LogP contribution in [0.1, 0.15) is 45.4 Å². The molecule has 1 rings (SSSR count). The fourth-order valence-electron chi connectivity index (χ4n) is 2.22. The molecule has 5 heteroatoms. The van der Waals surface area contributed by atoms with Gasteiger partial charge in [-0.3, -0.25) is 9.59 Å². The Morgan fingerprint density at radius 1 is 0.913 bits per heavy atom. The van der Waals surface area contributed by atoms with Crippen LogP contribution in [0.4, 0.5) is 11.4 Å². The lowest BCUT2D eigenvalue weighted by molar-refractivity contribution is -0.136. The predicted octanol–water partition coefficient (Wildman–Crippen LogP) is 3.17. The molecule has 0 aliphatic rings. The highest BCUT2D eigenvalue weighted by atomic mass is 16.2. The van der Waals surface area contributed by atoms with E-state index in [1.54, 1.807) is 12.1 Å². The third kappa shape index (κ3) is 7.68. The van der Waals surface area contributed by atoms with E-state index in [1.165, 1.54) is 25.7 Å². The van der Waals surface area contributed by atoms with E-state index in [4.69, 9.17) is 0 Å². The van der Waals surface area contributed by atoms with Gasteiger partial charge in [-0.2, -0.15) is 0 Å². The van der Waals surface area contributed by atoms with Gasteiger partial charge in [0.15, 0.2) is 0 Å². The molecule has 0 spiro atoms. The molecule has 0 bridgehead atoms. The molecular weight excluding hydrogens is 290 g/mol. The maximum Gasteiger partial charge on any atom is 0.313 e. The van der Waals surface area contributed by atoms with Gasteiger partial charge >= 0.3 is 11.8 Å². The van der Waals surface area contributed by atoms with Crippen LogP contribution in [0.25, 0.3) is 0 Å². The highest BCUT2D eigenvalue weighted by molar-refractivity contribution is 6.39. The zero-order valence-electron chi connectivity index (χ0n) is 14.5. The summed E-state index contributed by atoms with van der Waals surface area (Å²) in [4.78, 5) is 25.5. The number of hydrogen-bond acceptors (Lipinski definition) is 3. The van der Waals surface area contributed by atoms with E-state index in [9.17, 15) is 9.59 Å². The quantitative estimate of drug-likeness (QED) is 0.543. The lowest BCUT2D eigenvalue weighted by atomic mass is 10.1. The number of amides is 2. The second-order valence-corrected chi connectivity index (χ2v) is 5.92. The van der Waals surface area contributed by atoms with Crippen molar-refractivity contribution in [3.05, 3.63) is 24.3 Å². The highest BCUT2D eigenvalue weighted by Gasteiger charge is 2.12. The first-order chi connectivity index (χ1) is 11.0. The minimum Gasteiger partial charge on any atom is -0.378 e. The van der Waals surface area contributed by atoms with Gasteiger partial charge in [0, 0.05) is 32.0 Å². The second-order valence-electron chi connectivity index (χ2n) is 5.92. The third-order valence-electron chi connectivity index (χ3n) is 3.66. The average Bonchev–Trinajstić information content (AvgIpc) is 2.54. The molecule has 0 fully saturated rings. The van der Waals surface area contributed by atoms with Crippen molar-refractivity contribution >= 4 is 23.2 Å². The summed E-state index contributed by atoms with van der Waals surface area (Å²) in [6.07, 6.45) is 6.93. The number of nitrogens with one attached hydrogen (secondary N) is 2. The SMILES string of the molecule is CCCCCCCCNC(=O)C(=O)Nc1ccc(N(C)C)cc1. The Kier molecular flexibility index (Phi) is 8.80. The lowest BCUT2D eigenvalue weighted by Crippen LogP contribution is -2.35. The number of anilines is 2. The van der Waals surface area contributed by atoms with E-state index in [0.29, 0.717) is 12.2 Å². The first-order valence-electron chi connectivity index (χ1n) is 8.41. The Labute approximate surface area is 139 Å². The third-order valence-corrected chi connectivity index (χ3v) is 3.66. The van der Waals surface area contributed by atoms with Crippen LogP contribution >= 0.6 is 0 Å². The minimum absolute atomic E-state index is 0.554. The fourth-order valence-corrected chi connectivity index (χ4v) is 2.22. The van der Waals surface area contributed by atoms with Crippen molar-refractivity contribution in [2.24, 2.45) is 0 Å². The zero-order chi connectivity index (χ0) is 17.1. The summed E-state index contributed by atoms with van der Waals surface area (Å²) in [6, 6.07) is 7.36. The lowest BCUT2D eigenvalue weighted by Gasteiger charge is -2.13. The Morgan fingerprint density at radius 2 is 1.52 bits per heavy atom. The van der Waals surface area contributed by atoms with E-state index >= 15 is 0 Å². The number of rotatable bonds is 9. The van der Waals surface area contributed by atoms with E-state index in [0.717, 1.165) is 18.5 Å². The number of carbonyl (C=O) groups is 2. The van der Waals surface area contributed by atoms with E-state index < -0.39 is 11.8 Å². The van der Waals surface area contributed by atoms with Crippen LogP contribution in [0.5, 0.6) is 0 Å². The predicted molar refractivity (Wildman–Crippen MR) is 95.8 cm³/mol. The Bertz CT molecular complexity index is 484. The summed E-state index contributed by atoms with van der Waals surface area (Å²) in [5, 5.41) is 5.27. The molecule has 2 N–H and O–H groups in total. The van der Waals surface area contributed by atoms with Crippen molar-refractivity contribution in [3.8, 4) is 0 Å². The molecule has 2 amide bonds. The molecule has 1 aromatic carbocycles. The Balaban J connectivity index is 2.24. The number of hydrogen-bond donors (Lipinski definition) is 2. The Hall–Kier alpha value is -2.04. The minimum atomic E-state index is -0.617. The standard InChI is InChI=1S/C18H29N3O2/c1-4-5-6-7-8-9-14-19-17(22)18(23)20-15-10-12-16(13-11-15)21(2)3/h10-13H,4-9,14H2,1-3H3,(H,19,22)(H,20,23). The van der Waals surface area contributed by atoms with Crippen LogP contribution in [0.2, 0.25) is 0 Å². The van der Waals surface area contributed by atoms with Gasteiger partial charge in [0.05, 0.1) is 0 Å². The summed E-state index contributed by atoms with van der Waals surface area (Å²) in [6.45, 7) is 2.74. The smallest absolute Gasteiger partial charge is 0.313 e. The van der Waals surface area contributed by atoms with Crippen molar-refractivity contribution in [2.45, 2.75) is 45.4 Å². The molecule has 1 aromatic rings. The van der Waals surface area contributed by atoms with Gasteiger partial charge in [0.2, 0.25) is 0 Å². The average molecular weight is 319 g/mol. The van der Waals surface area contributed by atoms with E-state index in [2.05, 4.69) is 17.6 Å². The van der Waals surface area contributed by atoms with Gasteiger partial charge < -0.3 is 15.5 Å². The molecule has 0 heterocycles. The van der Waals surface area contributed by atoms with Gasteiger partial charge in [0.25, 0.3) is 0 Å². The van der Waals surface area contributed by atoms with Crippen LogP contribution in [0.3, 0.4) is 0 Å². The molecule has 0 saturated carbocycles. The first-order valence-corrected chi connectivity index (χ1v) is 8.41. The van der Waals surface area contributed by atoms with E-state index in [1.807, 2.05) is 31.1 Å². The van der Waals surface area contributed by atoms with Crippen LogP contribution < -0.4 is 15.5 Å². The van der Waals surface area contributed by atoms with Crippen LogP contribution in [0.15, 0.2) is 24.3 Å². The highest BCUT2D eigenvalue weighted by Crippen LogP contribution is 2.15. The van der Waals surface area contributed by atoms with E-state index in [-0.39, 0.29) is 0 Å². The zero-order valence-corrected chi connectivity index (χ0v) is 14.5. The molecule has 23 heavy (non-hydrogen) atoms. The van der Waals surface area contributed by atoms with Crippen molar-refractivity contribution in [2.75, 3.05) is 30.9 Å². The Morgan fingerprint density at radius 3 is 2.13 bits per heavy atom. The summed E-state index contributed by atoms with van der Waals surface area (Å²) >= 11 is 0. The number of benzene rings is 1. The molecule has 0 radical (unpaired) electrons. The summed E-state index contributed by atoms with van der Waals surface area (Å²) in [5.74, 6) is -1.19. The second kappa shape index (κ2) is 10.6. The van der Waals surface area contributed by atoms with Gasteiger partial charge in [-0.25, -0.2) is 0 Å². The summed E-state index contributed by atoms with van der Waals surface area (Å²) in [5.41, 5.74) is 1.66. The normalized spacial score (nSPS) is 10.2. The first kappa shape index (κ1) is 19.0. The van der Waals surface area contributed by atoms with Gasteiger partial charge in [-0.05, 0) is 30.7 Å². The molecule has 0 aliphatic heterocycles. The number of carbonyl (C=O) groups excluding carboxylic acids is 2. The molecule has 0 saturated heterocycles. The maximum absolute atomic E-state index is 11.8. The molecule has 0 atom stereocenters. The van der Waals surface area contributed by atoms with Gasteiger partial charge in [0.1, 0.15) is 0 Å². The molecule has 0 aromatic heterocycles. The van der Waals surface area contributed by atoms with Gasteiger partial charge in [-0.15, -0.1) is 0 Å². The molecular formula is C18H29N3O2. The van der Waals surface area contributed by atoms with Crippen LogP contribution in [0, 0.1) is 0 Å². The van der Waals surface area contributed by atoms with Crippen LogP contribution in [-0.4, -0.2) is 32.5 Å². The van der Waals surface area contributed by atoms with Crippen LogP contribution in [-0.2, 0) is 9.59 Å². The van der Waals surface area contributed by atoms with Crippen molar-refractivity contribution in [1.82, 2.24) is 5.32 Å². The number of unbranched alkanes of at least 4 members (excludes halogenated alkanes) is 5. The fraction of sp³-hybridized carbons (Fsp3) is 0.556. The largest absolute Gasteiger partial charge is 0.378 e. The topological polar surface area (TPSA) is 61.4 Å². The summed E-state index contributed by atoms with van der Waals surface area (Å²) < 4.78 is 0. The van der Waals surface area contributed by atoms with Crippen molar-refractivity contribution in [3.63, 3.8) is 0 Å². The molecule has 5 nitrogen and oxygen atoms in total. The monoisotopic (exact) mass is 319 g/mol. The number of nitrogens with zero attached hydrogens (tertiary/aromatic N) is 1. The maximum atomic E-state index is 11.8. The summed E-state index contributed by atoms with van der Waals surface area (Å²) in [7, 11) is 3.90.